The molecule has 0 bridgehead atoms. The number of carbonyl (C=O) groups is 1. The molecular weight excluding hydrogens is 224 g/mol. The minimum Gasteiger partial charge on any atom is -0.405 e. The molecule has 1 amide bonds. The van der Waals surface area contributed by atoms with Gasteiger partial charge in [0.1, 0.15) is 0 Å². The van der Waals surface area contributed by atoms with E-state index in [0.717, 1.165) is 12.8 Å². The van der Waals surface area contributed by atoms with Gasteiger partial charge in [0.05, 0.1) is 0 Å². The number of primary amides is 1. The topological polar surface area (TPSA) is 69.1 Å². The first-order chi connectivity index (χ1) is 8.72. The van der Waals surface area contributed by atoms with E-state index in [4.69, 9.17) is 11.5 Å². The van der Waals surface area contributed by atoms with Crippen molar-refractivity contribution in [1.82, 2.24) is 0 Å². The van der Waals surface area contributed by atoms with E-state index >= 15 is 0 Å². The van der Waals surface area contributed by atoms with Crippen molar-refractivity contribution in [2.75, 3.05) is 0 Å². The van der Waals surface area contributed by atoms with Crippen LogP contribution in [0.3, 0.4) is 0 Å². The molecule has 0 aromatic carbocycles. The summed E-state index contributed by atoms with van der Waals surface area (Å²) >= 11 is 0. The molecule has 0 saturated carbocycles. The van der Waals surface area contributed by atoms with Gasteiger partial charge < -0.3 is 11.5 Å². The summed E-state index contributed by atoms with van der Waals surface area (Å²) in [7, 11) is 0. The van der Waals surface area contributed by atoms with Crippen molar-refractivity contribution < 1.29 is 4.79 Å². The van der Waals surface area contributed by atoms with Gasteiger partial charge in [-0.1, -0.05) is 64.4 Å². The molecule has 0 fully saturated rings. The predicted octanol–water partition coefficient (Wildman–Crippen LogP) is 3.48. The summed E-state index contributed by atoms with van der Waals surface area (Å²) in [5.74, 6) is -0.235. The Kier molecular flexibility index (Phi) is 11.8. The average molecular weight is 254 g/mol. The number of hydrogen-bond donors (Lipinski definition) is 2. The van der Waals surface area contributed by atoms with Gasteiger partial charge >= 0.3 is 0 Å². The van der Waals surface area contributed by atoms with Gasteiger partial charge in [-0.15, -0.1) is 0 Å². The van der Waals surface area contributed by atoms with Crippen molar-refractivity contribution in [3.8, 4) is 0 Å². The smallest absolute Gasteiger partial charge is 0.220 e. The molecule has 0 aliphatic rings. The van der Waals surface area contributed by atoms with Crippen molar-refractivity contribution >= 4 is 5.91 Å². The summed E-state index contributed by atoms with van der Waals surface area (Å²) in [6.45, 7) is 2.24. The molecular formula is C15H30N2O. The predicted molar refractivity (Wildman–Crippen MR) is 77.9 cm³/mol. The van der Waals surface area contributed by atoms with Crippen LogP contribution in [0.4, 0.5) is 0 Å². The van der Waals surface area contributed by atoms with Crippen LogP contribution in [-0.2, 0) is 4.79 Å². The monoisotopic (exact) mass is 254 g/mol. The third-order valence-electron chi connectivity index (χ3n) is 3.37. The Morgan fingerprint density at radius 3 is 2.11 bits per heavy atom. The van der Waals surface area contributed by atoms with Crippen LogP contribution in [0, 0.1) is 5.92 Å². The fraction of sp³-hybridized carbons (Fsp3) is 0.800. The SMILES string of the molecule is CCCCCCCCCCC(CC=CN)C(N)=O. The maximum Gasteiger partial charge on any atom is 0.220 e. The highest BCUT2D eigenvalue weighted by atomic mass is 16.1. The number of carbonyl (C=O) groups excluding carboxylic acids is 1. The molecule has 3 nitrogen and oxygen atoms in total. The molecule has 0 aromatic heterocycles. The molecule has 1 unspecified atom stereocenters. The first kappa shape index (κ1) is 17.0. The van der Waals surface area contributed by atoms with Crippen LogP contribution in [-0.4, -0.2) is 5.91 Å². The normalized spacial score (nSPS) is 12.9. The van der Waals surface area contributed by atoms with Gasteiger partial charge in [-0.05, 0) is 19.0 Å². The quantitative estimate of drug-likeness (QED) is 0.523. The molecule has 0 rings (SSSR count). The summed E-state index contributed by atoms with van der Waals surface area (Å²) in [5.41, 5.74) is 10.6. The van der Waals surface area contributed by atoms with Crippen LogP contribution in [0.25, 0.3) is 0 Å². The van der Waals surface area contributed by atoms with Crippen molar-refractivity contribution in [2.45, 2.75) is 71.1 Å². The standard InChI is InChI=1S/C15H30N2O/c1-2-3-4-5-6-7-8-9-11-14(15(17)18)12-10-13-16/h10,13-14H,2-9,11-12,16H2,1H3,(H2,17,18). The summed E-state index contributed by atoms with van der Waals surface area (Å²) in [4.78, 5) is 11.2. The van der Waals surface area contributed by atoms with Crippen molar-refractivity contribution in [3.63, 3.8) is 0 Å². The van der Waals surface area contributed by atoms with Gasteiger partial charge in [-0.25, -0.2) is 0 Å². The molecule has 106 valence electrons. The third kappa shape index (κ3) is 10.2. The van der Waals surface area contributed by atoms with Gasteiger partial charge in [0, 0.05) is 5.92 Å². The number of unbranched alkanes of at least 4 members (excludes halogenated alkanes) is 7. The van der Waals surface area contributed by atoms with Crippen LogP contribution >= 0.6 is 0 Å². The molecule has 0 radical (unpaired) electrons. The highest BCUT2D eigenvalue weighted by molar-refractivity contribution is 5.76. The van der Waals surface area contributed by atoms with Crippen LogP contribution in [0.15, 0.2) is 12.3 Å². The lowest BCUT2D eigenvalue weighted by atomic mass is 9.96. The summed E-state index contributed by atoms with van der Waals surface area (Å²) in [6.07, 6.45) is 15.2. The lowest BCUT2D eigenvalue weighted by Gasteiger charge is -2.10. The molecule has 4 N–H and O–H groups in total. The first-order valence-electron chi connectivity index (χ1n) is 7.38. The van der Waals surface area contributed by atoms with E-state index in [0.29, 0.717) is 6.42 Å². The Morgan fingerprint density at radius 2 is 1.61 bits per heavy atom. The highest BCUT2D eigenvalue weighted by Gasteiger charge is 2.12. The number of hydrogen-bond acceptors (Lipinski definition) is 2. The van der Waals surface area contributed by atoms with Crippen molar-refractivity contribution in [3.05, 3.63) is 12.3 Å². The number of allylic oxidation sites excluding steroid dienone is 1. The minimum atomic E-state index is -0.198. The lowest BCUT2D eigenvalue weighted by Crippen LogP contribution is -2.22. The Morgan fingerprint density at radius 1 is 1.06 bits per heavy atom. The fourth-order valence-corrected chi connectivity index (χ4v) is 2.14. The fourth-order valence-electron chi connectivity index (χ4n) is 2.14. The maximum absolute atomic E-state index is 11.2. The Labute approximate surface area is 112 Å². The second-order valence-corrected chi connectivity index (χ2v) is 5.03. The molecule has 3 heteroatoms. The molecule has 0 aliphatic heterocycles. The number of amides is 1. The van der Waals surface area contributed by atoms with Crippen molar-refractivity contribution in [2.24, 2.45) is 17.4 Å². The molecule has 0 aromatic rings. The van der Waals surface area contributed by atoms with Gasteiger partial charge in [0.2, 0.25) is 5.91 Å². The molecule has 0 saturated heterocycles. The Bertz CT molecular complexity index is 227. The minimum absolute atomic E-state index is 0.0371. The third-order valence-corrected chi connectivity index (χ3v) is 3.37. The molecule has 0 heterocycles. The van der Waals surface area contributed by atoms with Gasteiger partial charge in [0.15, 0.2) is 0 Å². The Hall–Kier alpha value is -0.990. The summed E-state index contributed by atoms with van der Waals surface area (Å²) in [5, 5.41) is 0. The van der Waals surface area contributed by atoms with E-state index < -0.39 is 0 Å². The second-order valence-electron chi connectivity index (χ2n) is 5.03. The molecule has 18 heavy (non-hydrogen) atoms. The van der Waals surface area contributed by atoms with E-state index in [1.54, 1.807) is 0 Å². The van der Waals surface area contributed by atoms with E-state index in [-0.39, 0.29) is 11.8 Å². The summed E-state index contributed by atoms with van der Waals surface area (Å²) < 4.78 is 0. The molecule has 0 aliphatic carbocycles. The van der Waals surface area contributed by atoms with Crippen LogP contribution in [0.2, 0.25) is 0 Å². The van der Waals surface area contributed by atoms with Gasteiger partial charge in [0.25, 0.3) is 0 Å². The van der Waals surface area contributed by atoms with E-state index in [2.05, 4.69) is 6.92 Å². The highest BCUT2D eigenvalue weighted by Crippen LogP contribution is 2.15. The zero-order valence-corrected chi connectivity index (χ0v) is 11.9. The first-order valence-corrected chi connectivity index (χ1v) is 7.38. The van der Waals surface area contributed by atoms with E-state index in [1.807, 2.05) is 6.08 Å². The lowest BCUT2D eigenvalue weighted by molar-refractivity contribution is -0.121. The van der Waals surface area contributed by atoms with Crippen molar-refractivity contribution in [1.29, 1.82) is 0 Å². The van der Waals surface area contributed by atoms with Crippen LogP contribution < -0.4 is 11.5 Å². The van der Waals surface area contributed by atoms with Crippen LogP contribution in [0.1, 0.15) is 71.1 Å². The molecule has 0 spiro atoms. The van der Waals surface area contributed by atoms with Gasteiger partial charge in [-0.2, -0.15) is 0 Å². The second kappa shape index (κ2) is 12.5. The Balaban J connectivity index is 3.46. The zero-order valence-electron chi connectivity index (χ0n) is 11.9. The number of rotatable bonds is 12. The van der Waals surface area contributed by atoms with Crippen LogP contribution in [0.5, 0.6) is 0 Å². The largest absolute Gasteiger partial charge is 0.405 e. The molecule has 1 atom stereocenters. The van der Waals surface area contributed by atoms with Gasteiger partial charge in [-0.3, -0.25) is 4.79 Å². The van der Waals surface area contributed by atoms with E-state index in [9.17, 15) is 4.79 Å². The summed E-state index contributed by atoms with van der Waals surface area (Å²) in [6, 6.07) is 0. The average Bonchev–Trinajstić information content (AvgIpc) is 2.35. The van der Waals surface area contributed by atoms with E-state index in [1.165, 1.54) is 51.1 Å². The maximum atomic E-state index is 11.2. The number of nitrogens with two attached hydrogens (primary N) is 2. The zero-order chi connectivity index (χ0) is 13.6.